The molecule has 0 saturated carbocycles. The lowest BCUT2D eigenvalue weighted by molar-refractivity contribution is 0.669. The average molecular weight is 536 g/mol. The summed E-state index contributed by atoms with van der Waals surface area (Å²) in [5.41, 5.74) is 12.0. The van der Waals surface area contributed by atoms with Crippen LogP contribution >= 0.6 is 0 Å². The summed E-state index contributed by atoms with van der Waals surface area (Å²) in [5, 5.41) is 2.21. The highest BCUT2D eigenvalue weighted by atomic mass is 16.3. The Balaban J connectivity index is 1.62. The second-order valence-corrected chi connectivity index (χ2v) is 11.6. The maximum atomic E-state index is 6.52. The van der Waals surface area contributed by atoms with Crippen molar-refractivity contribution in [3.8, 4) is 28.2 Å². The normalized spacial score (nSPS) is 12.0. The number of fused-ring (bicyclic) bond motifs is 4. The Morgan fingerprint density at radius 1 is 0.707 bits per heavy atom. The lowest BCUT2D eigenvalue weighted by Gasteiger charge is -2.24. The maximum Gasteiger partial charge on any atom is 0.149 e. The van der Waals surface area contributed by atoms with Crippen LogP contribution in [0.1, 0.15) is 56.2 Å². The fourth-order valence-electron chi connectivity index (χ4n) is 6.12. The molecule has 4 nitrogen and oxygen atoms in total. The fraction of sp³-hybridized carbons (Fsp3) is 0.189. The minimum absolute atomic E-state index is 0.292. The summed E-state index contributed by atoms with van der Waals surface area (Å²) >= 11 is 0. The minimum atomic E-state index is 0.292. The number of para-hydroxylation sites is 2. The number of pyridine rings is 1. The van der Waals surface area contributed by atoms with E-state index in [9.17, 15) is 0 Å². The second-order valence-electron chi connectivity index (χ2n) is 11.6. The highest BCUT2D eigenvalue weighted by Gasteiger charge is 2.26. The predicted octanol–water partition coefficient (Wildman–Crippen LogP) is 10.2. The van der Waals surface area contributed by atoms with E-state index < -0.39 is 0 Å². The second kappa shape index (κ2) is 9.74. The van der Waals surface area contributed by atoms with E-state index in [4.69, 9.17) is 9.40 Å². The zero-order valence-corrected chi connectivity index (χ0v) is 24.1. The van der Waals surface area contributed by atoms with Crippen molar-refractivity contribution in [2.24, 2.45) is 0 Å². The molecule has 4 heteroatoms. The summed E-state index contributed by atoms with van der Waals surface area (Å²) in [7, 11) is 0. The Bertz CT molecular complexity index is 2030. The van der Waals surface area contributed by atoms with Gasteiger partial charge in [0.2, 0.25) is 0 Å². The lowest BCUT2D eigenvalue weighted by atomic mass is 9.88. The smallest absolute Gasteiger partial charge is 0.149 e. The van der Waals surface area contributed by atoms with Crippen molar-refractivity contribution < 1.29 is 4.42 Å². The number of furan rings is 1. The van der Waals surface area contributed by atoms with Crippen LogP contribution in [0.4, 0.5) is 0 Å². The number of aromatic nitrogens is 3. The van der Waals surface area contributed by atoms with Gasteiger partial charge >= 0.3 is 0 Å². The molecule has 0 aliphatic heterocycles. The van der Waals surface area contributed by atoms with Gasteiger partial charge in [-0.25, -0.2) is 4.98 Å². The Morgan fingerprint density at radius 2 is 1.39 bits per heavy atom. The van der Waals surface area contributed by atoms with Crippen LogP contribution in [0.15, 0.2) is 102 Å². The molecule has 0 radical (unpaired) electrons. The van der Waals surface area contributed by atoms with Gasteiger partial charge in [-0.3, -0.25) is 9.55 Å². The summed E-state index contributed by atoms with van der Waals surface area (Å²) in [6, 6.07) is 30.0. The quantitative estimate of drug-likeness (QED) is 0.220. The largest absolute Gasteiger partial charge is 0.455 e. The molecule has 7 rings (SSSR count). The summed E-state index contributed by atoms with van der Waals surface area (Å²) < 4.78 is 8.90. The van der Waals surface area contributed by atoms with Gasteiger partial charge in [0.25, 0.3) is 0 Å². The highest BCUT2D eigenvalue weighted by Crippen LogP contribution is 2.42. The van der Waals surface area contributed by atoms with Crippen molar-refractivity contribution in [3.05, 3.63) is 114 Å². The van der Waals surface area contributed by atoms with Crippen LogP contribution < -0.4 is 0 Å². The first-order chi connectivity index (χ1) is 19.9. The van der Waals surface area contributed by atoms with Crippen LogP contribution in [-0.4, -0.2) is 14.5 Å². The van der Waals surface area contributed by atoms with Gasteiger partial charge in [0.05, 0.1) is 23.0 Å². The van der Waals surface area contributed by atoms with Gasteiger partial charge in [0.1, 0.15) is 22.5 Å². The van der Waals surface area contributed by atoms with E-state index in [1.807, 2.05) is 24.5 Å². The average Bonchev–Trinajstić information content (AvgIpc) is 3.56. The van der Waals surface area contributed by atoms with Crippen molar-refractivity contribution in [2.75, 3.05) is 0 Å². The molecule has 0 N–H and O–H groups in total. The van der Waals surface area contributed by atoms with Crippen LogP contribution in [0.25, 0.3) is 61.2 Å². The van der Waals surface area contributed by atoms with Gasteiger partial charge in [-0.1, -0.05) is 88.4 Å². The van der Waals surface area contributed by atoms with Gasteiger partial charge < -0.3 is 4.42 Å². The number of hydrogen-bond acceptors (Lipinski definition) is 3. The van der Waals surface area contributed by atoms with Gasteiger partial charge in [0, 0.05) is 17.0 Å². The van der Waals surface area contributed by atoms with E-state index in [1.54, 1.807) is 0 Å². The number of rotatable bonds is 5. The van der Waals surface area contributed by atoms with E-state index in [0.717, 1.165) is 49.9 Å². The summed E-state index contributed by atoms with van der Waals surface area (Å²) in [6.07, 6.45) is 3.82. The lowest BCUT2D eigenvalue weighted by Crippen LogP contribution is -2.10. The van der Waals surface area contributed by atoms with Crippen molar-refractivity contribution in [1.29, 1.82) is 0 Å². The van der Waals surface area contributed by atoms with Crippen LogP contribution in [0.5, 0.6) is 0 Å². The molecule has 0 amide bonds. The molecule has 0 bridgehead atoms. The Kier molecular flexibility index (Phi) is 6.01. The molecular formula is C37H33N3O. The van der Waals surface area contributed by atoms with Crippen LogP contribution in [-0.2, 0) is 0 Å². The van der Waals surface area contributed by atoms with Crippen molar-refractivity contribution in [1.82, 2.24) is 14.5 Å². The molecular weight excluding hydrogens is 502 g/mol. The molecule has 0 fully saturated rings. The zero-order chi connectivity index (χ0) is 28.2. The molecule has 0 saturated heterocycles. The first-order valence-electron chi connectivity index (χ1n) is 14.4. The number of nitrogens with zero attached hydrogens (tertiary/aromatic N) is 3. The Labute approximate surface area is 240 Å². The van der Waals surface area contributed by atoms with Crippen LogP contribution in [0, 0.1) is 6.92 Å². The molecule has 0 atom stereocenters. The summed E-state index contributed by atoms with van der Waals surface area (Å²) in [6.45, 7) is 11.3. The SMILES string of the molecule is Cc1cncc2nc(-c3cccc4c3oc3ccccc34)n(-c3c(C(C)C)cc(-c4ccccc4)cc3C(C)C)c12. The first kappa shape index (κ1) is 25.3. The molecule has 202 valence electrons. The van der Waals surface area contributed by atoms with Crippen LogP contribution in [0.3, 0.4) is 0 Å². The summed E-state index contributed by atoms with van der Waals surface area (Å²) in [4.78, 5) is 9.78. The number of imidazole rings is 1. The van der Waals surface area contributed by atoms with Gasteiger partial charge in [-0.15, -0.1) is 0 Å². The minimum Gasteiger partial charge on any atom is -0.455 e. The van der Waals surface area contributed by atoms with Crippen LogP contribution in [0.2, 0.25) is 0 Å². The third kappa shape index (κ3) is 4.05. The number of hydrogen-bond donors (Lipinski definition) is 0. The van der Waals surface area contributed by atoms with Gasteiger partial charge in [-0.05, 0) is 70.8 Å². The molecule has 0 aliphatic rings. The number of benzene rings is 4. The predicted molar refractivity (Wildman–Crippen MR) is 170 cm³/mol. The highest BCUT2D eigenvalue weighted by molar-refractivity contribution is 6.09. The monoisotopic (exact) mass is 535 g/mol. The standard InChI is InChI=1S/C37H33N3O/c1-22(2)30-18-26(25-12-7-6-8-13-25)19-31(23(3)4)35(30)40-34-24(5)20-38-21-32(34)39-37(40)29-16-11-15-28-27-14-9-10-17-33(27)41-36(28)29/h6-23H,1-5H3. The molecule has 3 heterocycles. The maximum absolute atomic E-state index is 6.52. The fourth-order valence-corrected chi connectivity index (χ4v) is 6.12. The third-order valence-corrected chi connectivity index (χ3v) is 8.13. The molecule has 0 spiro atoms. The summed E-state index contributed by atoms with van der Waals surface area (Å²) in [5.74, 6) is 1.46. The number of aryl methyl sites for hydroxylation is 1. The van der Waals surface area contributed by atoms with Gasteiger partial charge in [-0.2, -0.15) is 0 Å². The van der Waals surface area contributed by atoms with Crippen molar-refractivity contribution >= 4 is 33.0 Å². The zero-order valence-electron chi connectivity index (χ0n) is 24.1. The third-order valence-electron chi connectivity index (χ3n) is 8.13. The van der Waals surface area contributed by atoms with E-state index in [-0.39, 0.29) is 0 Å². The van der Waals surface area contributed by atoms with Crippen molar-refractivity contribution in [3.63, 3.8) is 0 Å². The van der Waals surface area contributed by atoms with E-state index >= 15 is 0 Å². The van der Waals surface area contributed by atoms with E-state index in [2.05, 4.69) is 117 Å². The molecule has 0 unspecified atom stereocenters. The van der Waals surface area contributed by atoms with Gasteiger partial charge in [0.15, 0.2) is 0 Å². The first-order valence-corrected chi connectivity index (χ1v) is 14.4. The molecule has 3 aromatic heterocycles. The Hall–Kier alpha value is -4.70. The molecule has 0 aliphatic carbocycles. The van der Waals surface area contributed by atoms with Crippen molar-refractivity contribution in [2.45, 2.75) is 46.5 Å². The van der Waals surface area contributed by atoms with E-state index in [1.165, 1.54) is 27.9 Å². The molecule has 7 aromatic rings. The molecule has 41 heavy (non-hydrogen) atoms. The Morgan fingerprint density at radius 3 is 2.12 bits per heavy atom. The topological polar surface area (TPSA) is 43.9 Å². The van der Waals surface area contributed by atoms with E-state index in [0.29, 0.717) is 11.8 Å². The molecule has 4 aromatic carbocycles.